The van der Waals surface area contributed by atoms with Crippen LogP contribution in [0.5, 0.6) is 0 Å². The summed E-state index contributed by atoms with van der Waals surface area (Å²) >= 11 is 3.69. The molecule has 0 saturated heterocycles. The fourth-order valence-electron chi connectivity index (χ4n) is 1.43. The number of rotatable bonds is 3. The van der Waals surface area contributed by atoms with Crippen LogP contribution in [0.2, 0.25) is 0 Å². The summed E-state index contributed by atoms with van der Waals surface area (Å²) in [4.78, 5) is 16.7. The second-order valence-electron chi connectivity index (χ2n) is 3.26. The highest BCUT2D eigenvalue weighted by Crippen LogP contribution is 2.29. The van der Waals surface area contributed by atoms with E-state index in [2.05, 4.69) is 27.6 Å². The summed E-state index contributed by atoms with van der Waals surface area (Å²) in [6.07, 6.45) is 0. The molecule has 0 amide bonds. The maximum absolute atomic E-state index is 11.7. The molecule has 17 heavy (non-hydrogen) atoms. The largest absolute Gasteiger partial charge is 0.461 e. The Hall–Kier alpha value is -0.950. The highest BCUT2D eigenvalue weighted by atomic mass is 127. The number of hydrogen-bond acceptors (Lipinski definition) is 4. The standard InChI is InChI=1S/C12H10INO2S/c1-2-16-12(15)10-11(17-7-14-10)8-4-3-5-9(13)6-8/h3-7H,2H2,1H3. The van der Waals surface area contributed by atoms with Gasteiger partial charge in [0.05, 0.1) is 17.0 Å². The lowest BCUT2D eigenvalue weighted by Crippen LogP contribution is -2.06. The van der Waals surface area contributed by atoms with Crippen LogP contribution in [-0.4, -0.2) is 17.6 Å². The summed E-state index contributed by atoms with van der Waals surface area (Å²) in [6.45, 7) is 2.15. The molecule has 1 aromatic heterocycles. The second-order valence-corrected chi connectivity index (χ2v) is 5.36. The van der Waals surface area contributed by atoms with Crippen LogP contribution in [0.15, 0.2) is 29.8 Å². The maximum Gasteiger partial charge on any atom is 0.358 e. The number of ether oxygens (including phenoxy) is 1. The van der Waals surface area contributed by atoms with Crippen LogP contribution in [0.4, 0.5) is 0 Å². The van der Waals surface area contributed by atoms with Crippen LogP contribution in [0.25, 0.3) is 10.4 Å². The zero-order valence-electron chi connectivity index (χ0n) is 9.14. The molecule has 0 bridgehead atoms. The Morgan fingerprint density at radius 3 is 3.06 bits per heavy atom. The third-order valence-corrected chi connectivity index (χ3v) is 3.67. The number of benzene rings is 1. The van der Waals surface area contributed by atoms with Gasteiger partial charge in [-0.05, 0) is 47.2 Å². The lowest BCUT2D eigenvalue weighted by atomic mass is 10.1. The monoisotopic (exact) mass is 359 g/mol. The van der Waals surface area contributed by atoms with Crippen molar-refractivity contribution < 1.29 is 9.53 Å². The van der Waals surface area contributed by atoms with Crippen molar-refractivity contribution in [1.29, 1.82) is 0 Å². The fraction of sp³-hybridized carbons (Fsp3) is 0.167. The minimum absolute atomic E-state index is 0.359. The number of nitrogens with zero attached hydrogens (tertiary/aromatic N) is 1. The first-order valence-corrected chi connectivity index (χ1v) is 7.04. The van der Waals surface area contributed by atoms with E-state index in [9.17, 15) is 4.79 Å². The summed E-state index contributed by atoms with van der Waals surface area (Å²) in [5, 5.41) is 0. The van der Waals surface area contributed by atoms with Crippen LogP contribution in [0.1, 0.15) is 17.4 Å². The molecular formula is C12H10INO2S. The molecule has 0 saturated carbocycles. The molecule has 2 rings (SSSR count). The van der Waals surface area contributed by atoms with Crippen LogP contribution >= 0.6 is 33.9 Å². The molecule has 0 fully saturated rings. The van der Waals surface area contributed by atoms with Gasteiger partial charge in [0.25, 0.3) is 0 Å². The highest BCUT2D eigenvalue weighted by Gasteiger charge is 2.17. The minimum atomic E-state index is -0.359. The van der Waals surface area contributed by atoms with Gasteiger partial charge in [-0.25, -0.2) is 9.78 Å². The van der Waals surface area contributed by atoms with Crippen molar-refractivity contribution in [1.82, 2.24) is 4.98 Å². The van der Waals surface area contributed by atoms with Crippen LogP contribution in [-0.2, 0) is 4.74 Å². The SMILES string of the molecule is CCOC(=O)c1ncsc1-c1cccc(I)c1. The van der Waals surface area contributed by atoms with Crippen molar-refractivity contribution >= 4 is 39.9 Å². The predicted octanol–water partition coefficient (Wildman–Crippen LogP) is 3.59. The summed E-state index contributed by atoms with van der Waals surface area (Å²) in [5.41, 5.74) is 3.07. The first-order chi connectivity index (χ1) is 8.22. The van der Waals surface area contributed by atoms with E-state index in [1.54, 1.807) is 12.4 Å². The van der Waals surface area contributed by atoms with Crippen LogP contribution < -0.4 is 0 Å². The van der Waals surface area contributed by atoms with E-state index in [1.807, 2.05) is 24.3 Å². The van der Waals surface area contributed by atoms with Gasteiger partial charge >= 0.3 is 5.97 Å². The van der Waals surface area contributed by atoms with Crippen molar-refractivity contribution in [3.8, 4) is 10.4 Å². The summed E-state index contributed by atoms with van der Waals surface area (Å²) in [7, 11) is 0. The summed E-state index contributed by atoms with van der Waals surface area (Å²) < 4.78 is 6.11. The van der Waals surface area contributed by atoms with Crippen molar-refractivity contribution in [2.45, 2.75) is 6.92 Å². The average molecular weight is 359 g/mol. The first kappa shape index (κ1) is 12.5. The van der Waals surface area contributed by atoms with Gasteiger partial charge in [-0.3, -0.25) is 0 Å². The molecule has 2 aromatic rings. The Bertz CT molecular complexity index is 539. The van der Waals surface area contributed by atoms with Gasteiger partial charge < -0.3 is 4.74 Å². The van der Waals surface area contributed by atoms with Crippen LogP contribution in [0.3, 0.4) is 0 Å². The van der Waals surface area contributed by atoms with Gasteiger partial charge in [-0.15, -0.1) is 11.3 Å². The van der Waals surface area contributed by atoms with E-state index in [1.165, 1.54) is 11.3 Å². The molecule has 1 heterocycles. The lowest BCUT2D eigenvalue weighted by Gasteiger charge is -2.02. The molecule has 0 unspecified atom stereocenters. The maximum atomic E-state index is 11.7. The zero-order valence-corrected chi connectivity index (χ0v) is 12.1. The van der Waals surface area contributed by atoms with E-state index < -0.39 is 0 Å². The van der Waals surface area contributed by atoms with E-state index in [0.29, 0.717) is 12.3 Å². The third-order valence-electron chi connectivity index (χ3n) is 2.12. The van der Waals surface area contributed by atoms with Gasteiger partial charge in [0.2, 0.25) is 0 Å². The normalized spacial score (nSPS) is 10.2. The average Bonchev–Trinajstić information content (AvgIpc) is 2.78. The van der Waals surface area contributed by atoms with Crippen molar-refractivity contribution in [2.24, 2.45) is 0 Å². The molecule has 5 heteroatoms. The number of hydrogen-bond donors (Lipinski definition) is 0. The Balaban J connectivity index is 2.40. The van der Waals surface area contributed by atoms with Gasteiger partial charge in [0.1, 0.15) is 0 Å². The summed E-state index contributed by atoms with van der Waals surface area (Å²) in [6, 6.07) is 7.97. The Kier molecular flexibility index (Phi) is 4.11. The summed E-state index contributed by atoms with van der Waals surface area (Å²) in [5.74, 6) is -0.359. The van der Waals surface area contributed by atoms with Gasteiger partial charge in [0, 0.05) is 3.57 Å². The molecule has 0 radical (unpaired) electrons. The van der Waals surface area contributed by atoms with Crippen molar-refractivity contribution in [2.75, 3.05) is 6.61 Å². The van der Waals surface area contributed by atoms with Gasteiger partial charge in [0.15, 0.2) is 5.69 Å². The first-order valence-electron chi connectivity index (χ1n) is 5.09. The molecule has 0 atom stereocenters. The van der Waals surface area contributed by atoms with Gasteiger partial charge in [-0.1, -0.05) is 12.1 Å². The molecular weight excluding hydrogens is 349 g/mol. The fourth-order valence-corrected chi connectivity index (χ4v) is 2.74. The number of carbonyl (C=O) groups excluding carboxylic acids is 1. The zero-order chi connectivity index (χ0) is 12.3. The van der Waals surface area contributed by atoms with Crippen molar-refractivity contribution in [3.63, 3.8) is 0 Å². The third kappa shape index (κ3) is 2.84. The Labute approximate surface area is 117 Å². The molecule has 0 aliphatic heterocycles. The molecule has 0 spiro atoms. The number of esters is 1. The quantitative estimate of drug-likeness (QED) is 0.621. The lowest BCUT2D eigenvalue weighted by molar-refractivity contribution is 0.0521. The number of carbonyl (C=O) groups is 1. The van der Waals surface area contributed by atoms with E-state index >= 15 is 0 Å². The number of aromatic nitrogens is 1. The Morgan fingerprint density at radius 1 is 1.53 bits per heavy atom. The smallest absolute Gasteiger partial charge is 0.358 e. The number of halogens is 1. The number of thiazole rings is 1. The second kappa shape index (κ2) is 5.59. The van der Waals surface area contributed by atoms with Crippen molar-refractivity contribution in [3.05, 3.63) is 39.0 Å². The molecule has 3 nitrogen and oxygen atoms in total. The minimum Gasteiger partial charge on any atom is -0.461 e. The van der Waals surface area contributed by atoms with E-state index in [4.69, 9.17) is 4.74 Å². The van der Waals surface area contributed by atoms with Gasteiger partial charge in [-0.2, -0.15) is 0 Å². The van der Waals surface area contributed by atoms with E-state index in [0.717, 1.165) is 14.0 Å². The topological polar surface area (TPSA) is 39.2 Å². The molecule has 1 aromatic carbocycles. The highest BCUT2D eigenvalue weighted by molar-refractivity contribution is 14.1. The molecule has 0 aliphatic carbocycles. The predicted molar refractivity (Wildman–Crippen MR) is 76.2 cm³/mol. The van der Waals surface area contributed by atoms with Crippen LogP contribution in [0, 0.1) is 3.57 Å². The van der Waals surface area contributed by atoms with E-state index in [-0.39, 0.29) is 5.97 Å². The Morgan fingerprint density at radius 2 is 2.35 bits per heavy atom. The molecule has 0 aliphatic rings. The molecule has 88 valence electrons. The molecule has 0 N–H and O–H groups in total.